The van der Waals surface area contributed by atoms with Crippen molar-refractivity contribution in [3.8, 4) is 0 Å². The predicted molar refractivity (Wildman–Crippen MR) is 315 cm³/mol. The molecule has 2 saturated heterocycles. The maximum Gasteiger partial charge on any atom is 0.494 e. The molecule has 0 atom stereocenters. The lowest BCUT2D eigenvalue weighted by Crippen LogP contribution is -2.41. The lowest BCUT2D eigenvalue weighted by atomic mass is 9.77. The quantitative estimate of drug-likeness (QED) is 0.0395. The van der Waals surface area contributed by atoms with E-state index < -0.39 is 36.6 Å². The molecule has 8 nitrogen and oxygen atoms in total. The first-order valence-corrected chi connectivity index (χ1v) is 30.8. The molecule has 0 N–H and O–H groups in total. The van der Waals surface area contributed by atoms with Crippen molar-refractivity contribution in [1.29, 1.82) is 0 Å². The van der Waals surface area contributed by atoms with Crippen LogP contribution in [0.25, 0.3) is 11.1 Å². The van der Waals surface area contributed by atoms with Crippen molar-refractivity contribution in [2.24, 2.45) is 11.8 Å². The number of rotatable bonds is 34. The largest absolute Gasteiger partial charge is 0.494 e. The Labute approximate surface area is 453 Å². The Morgan fingerprint density at radius 3 is 0.919 bits per heavy atom. The average Bonchev–Trinajstić information content (AvgIpc) is 3.95. The van der Waals surface area contributed by atoms with Crippen LogP contribution in [-0.2, 0) is 28.2 Å². The minimum absolute atomic E-state index is 0.0659. The van der Waals surface area contributed by atoms with Gasteiger partial charge in [0.15, 0.2) is 0 Å². The highest BCUT2D eigenvalue weighted by atomic mass is 16.7. The minimum Gasteiger partial charge on any atom is -0.399 e. The van der Waals surface area contributed by atoms with Crippen LogP contribution in [0.15, 0.2) is 36.4 Å². The summed E-state index contributed by atoms with van der Waals surface area (Å²) in [5.41, 5.74) is 4.20. The Hall–Kier alpha value is -2.91. The number of carbonyl (C=O) groups is 2. The maximum atomic E-state index is 15.8. The highest BCUT2D eigenvalue weighted by molar-refractivity contribution is 6.63. The van der Waals surface area contributed by atoms with Crippen LogP contribution in [-0.4, -0.2) is 61.5 Å². The van der Waals surface area contributed by atoms with Gasteiger partial charge in [-0.1, -0.05) is 206 Å². The van der Waals surface area contributed by atoms with Crippen molar-refractivity contribution in [3.63, 3.8) is 0 Å². The van der Waals surface area contributed by atoms with Gasteiger partial charge in [0.05, 0.1) is 44.9 Å². The fourth-order valence-corrected chi connectivity index (χ4v) is 11.8. The van der Waals surface area contributed by atoms with Gasteiger partial charge in [0.2, 0.25) is 0 Å². The zero-order valence-corrected chi connectivity index (χ0v) is 49.3. The number of carbonyl (C=O) groups excluding carboxylic acids is 2. The van der Waals surface area contributed by atoms with Gasteiger partial charge in [0, 0.05) is 24.2 Å². The van der Waals surface area contributed by atoms with Gasteiger partial charge in [-0.05, 0) is 116 Å². The fraction of sp³-hybridized carbons (Fsp3) is 0.750. The van der Waals surface area contributed by atoms with E-state index >= 15 is 9.59 Å². The Balaban J connectivity index is 1.42. The minimum atomic E-state index is -0.575. The third-order valence-electron chi connectivity index (χ3n) is 18.1. The Morgan fingerprint density at radius 2 is 0.649 bits per heavy atom. The molecule has 0 saturated carbocycles. The van der Waals surface area contributed by atoms with Gasteiger partial charge in [-0.25, -0.2) is 0 Å². The first-order valence-electron chi connectivity index (χ1n) is 30.8. The van der Waals surface area contributed by atoms with Crippen LogP contribution in [0.5, 0.6) is 0 Å². The zero-order valence-electron chi connectivity index (χ0n) is 49.3. The summed E-state index contributed by atoms with van der Waals surface area (Å²) in [5.74, 6) is 0.571. The normalized spacial score (nSPS) is 19.6. The first-order chi connectivity index (χ1) is 35.4. The standard InChI is InChI=1S/C64H104B2N2O6/c1-13-17-21-25-29-33-37-49(38-34-30-26-22-18-14-2)47-67-55-45-51(65-71-61(5,6)62(7,8)72-65)41-43-53(55)57(59(67)69)58-54-44-42-52(66-73-63(9,10)64(11,12)74-66)46-56(54)68(60(58)70)48-50(39-35-31-27-23-19-15-3)40-36-32-28-24-20-16-4/h41-46,49-50H,13-40,47-48H2,1-12H3/b58-57+. The van der Waals surface area contributed by atoms with Crippen LogP contribution in [0.4, 0.5) is 11.4 Å². The predicted octanol–water partition coefficient (Wildman–Crippen LogP) is 16.1. The van der Waals surface area contributed by atoms with E-state index in [9.17, 15) is 0 Å². The van der Waals surface area contributed by atoms with Gasteiger partial charge in [-0.15, -0.1) is 0 Å². The molecule has 2 aromatic rings. The number of fused-ring (bicyclic) bond motifs is 2. The van der Waals surface area contributed by atoms with Gasteiger partial charge >= 0.3 is 14.2 Å². The second kappa shape index (κ2) is 28.1. The van der Waals surface area contributed by atoms with Crippen LogP contribution in [0, 0.1) is 11.8 Å². The van der Waals surface area contributed by atoms with Gasteiger partial charge in [-0.2, -0.15) is 0 Å². The Kier molecular flexibility index (Phi) is 22.9. The monoisotopic (exact) mass is 1020 g/mol. The molecule has 0 unspecified atom stereocenters. The molecule has 74 heavy (non-hydrogen) atoms. The first kappa shape index (κ1) is 60.3. The number of benzene rings is 2. The van der Waals surface area contributed by atoms with E-state index in [4.69, 9.17) is 18.6 Å². The van der Waals surface area contributed by atoms with Crippen LogP contribution < -0.4 is 20.7 Å². The second-order valence-corrected chi connectivity index (χ2v) is 25.3. The summed E-state index contributed by atoms with van der Waals surface area (Å²) in [7, 11) is -1.15. The van der Waals surface area contributed by atoms with E-state index in [1.54, 1.807) is 0 Å². The van der Waals surface area contributed by atoms with Gasteiger partial charge in [0.1, 0.15) is 0 Å². The van der Waals surface area contributed by atoms with E-state index in [0.717, 1.165) is 59.1 Å². The molecule has 0 radical (unpaired) electrons. The molecule has 0 spiro atoms. The summed E-state index contributed by atoms with van der Waals surface area (Å²) in [6.45, 7) is 27.1. The molecule has 412 valence electrons. The lowest BCUT2D eigenvalue weighted by molar-refractivity contribution is -0.114. The van der Waals surface area contributed by atoms with Crippen molar-refractivity contribution in [3.05, 3.63) is 47.5 Å². The summed E-state index contributed by atoms with van der Waals surface area (Å²) in [6, 6.07) is 12.6. The van der Waals surface area contributed by atoms with Crippen molar-refractivity contribution >= 4 is 59.5 Å². The van der Waals surface area contributed by atoms with Crippen molar-refractivity contribution in [2.45, 2.75) is 285 Å². The summed E-state index contributed by atoms with van der Waals surface area (Å²) < 4.78 is 26.6. The summed E-state index contributed by atoms with van der Waals surface area (Å²) in [6.07, 6.45) is 34.4. The van der Waals surface area contributed by atoms with Gasteiger partial charge in [-0.3, -0.25) is 9.59 Å². The molecule has 0 aliphatic carbocycles. The van der Waals surface area contributed by atoms with Crippen LogP contribution in [0.3, 0.4) is 0 Å². The Bertz CT molecular complexity index is 1920. The second-order valence-electron chi connectivity index (χ2n) is 25.3. The maximum absolute atomic E-state index is 15.8. The Morgan fingerprint density at radius 1 is 0.392 bits per heavy atom. The van der Waals surface area contributed by atoms with Crippen molar-refractivity contribution < 1.29 is 28.2 Å². The molecule has 0 aromatic heterocycles. The van der Waals surface area contributed by atoms with E-state index in [0.29, 0.717) is 36.1 Å². The molecule has 4 aliphatic heterocycles. The molecule has 2 aromatic carbocycles. The van der Waals surface area contributed by atoms with E-state index in [1.807, 2.05) is 0 Å². The molecule has 2 amide bonds. The molecule has 2 fully saturated rings. The number of nitrogens with zero attached hydrogens (tertiary/aromatic N) is 2. The van der Waals surface area contributed by atoms with Crippen LogP contribution >= 0.6 is 0 Å². The van der Waals surface area contributed by atoms with E-state index in [1.165, 1.54) is 154 Å². The SMILES string of the molecule is CCCCCCCCC(CCCCCCCC)CN1C(=O)/C(=C2/C(=O)N(CC(CCCCCCCC)CCCCCCCC)c3cc(B4OC(C)(C)C(C)(C)O4)ccc32)c2ccc(B3OC(C)(C)C(C)(C)O3)cc21. The number of hydrogen-bond donors (Lipinski definition) is 0. The summed E-state index contributed by atoms with van der Waals surface area (Å²) in [4.78, 5) is 35.7. The smallest absolute Gasteiger partial charge is 0.399 e. The molecule has 10 heteroatoms. The number of unbranched alkanes of at least 4 members (excludes halogenated alkanes) is 20. The van der Waals surface area contributed by atoms with Gasteiger partial charge in [0.25, 0.3) is 11.8 Å². The van der Waals surface area contributed by atoms with Gasteiger partial charge < -0.3 is 28.4 Å². The van der Waals surface area contributed by atoms with Crippen LogP contribution in [0.1, 0.15) is 274 Å². The topological polar surface area (TPSA) is 77.5 Å². The third kappa shape index (κ3) is 15.2. The van der Waals surface area contributed by atoms with Crippen molar-refractivity contribution in [1.82, 2.24) is 0 Å². The molecule has 6 rings (SSSR count). The third-order valence-corrected chi connectivity index (χ3v) is 18.1. The highest BCUT2D eigenvalue weighted by Gasteiger charge is 2.54. The zero-order chi connectivity index (χ0) is 53.5. The fourth-order valence-electron chi connectivity index (χ4n) is 11.8. The molecule has 0 bridgehead atoms. The van der Waals surface area contributed by atoms with E-state index in [2.05, 4.69) is 129 Å². The number of amides is 2. The molecule has 4 aliphatic rings. The number of anilines is 2. The van der Waals surface area contributed by atoms with Crippen molar-refractivity contribution in [2.75, 3.05) is 22.9 Å². The molecule has 4 heterocycles. The van der Waals surface area contributed by atoms with Crippen LogP contribution in [0.2, 0.25) is 0 Å². The summed E-state index contributed by atoms with van der Waals surface area (Å²) >= 11 is 0. The van der Waals surface area contributed by atoms with E-state index in [-0.39, 0.29) is 11.8 Å². The molecular weight excluding hydrogens is 914 g/mol. The lowest BCUT2D eigenvalue weighted by Gasteiger charge is -2.32. The number of hydrogen-bond acceptors (Lipinski definition) is 6. The summed E-state index contributed by atoms with van der Waals surface area (Å²) in [5, 5.41) is 0. The average molecular weight is 1020 g/mol. The highest BCUT2D eigenvalue weighted by Crippen LogP contribution is 2.48. The molecular formula is C64H104B2N2O6.